The van der Waals surface area contributed by atoms with E-state index in [1.54, 1.807) is 37.3 Å². The van der Waals surface area contributed by atoms with Gasteiger partial charge < -0.3 is 14.7 Å². The summed E-state index contributed by atoms with van der Waals surface area (Å²) in [4.78, 5) is 26.1. The maximum atomic E-state index is 12.6. The minimum Gasteiger partial charge on any atom is -0.462 e. The third-order valence-electron chi connectivity index (χ3n) is 4.20. The minimum absolute atomic E-state index is 0.141. The van der Waals surface area contributed by atoms with Crippen molar-refractivity contribution in [3.05, 3.63) is 77.4 Å². The van der Waals surface area contributed by atoms with Crippen molar-refractivity contribution in [3.8, 4) is 0 Å². The van der Waals surface area contributed by atoms with Gasteiger partial charge in [-0.2, -0.15) is 0 Å². The monoisotopic (exact) mass is 367 g/mol. The van der Waals surface area contributed by atoms with Crippen LogP contribution in [0.25, 0.3) is 0 Å². The number of rotatable bonds is 8. The van der Waals surface area contributed by atoms with Gasteiger partial charge in [0, 0.05) is 37.3 Å². The summed E-state index contributed by atoms with van der Waals surface area (Å²) in [6.07, 6.45) is -0.898. The lowest BCUT2D eigenvalue weighted by molar-refractivity contribution is -0.138. The van der Waals surface area contributed by atoms with Crippen molar-refractivity contribution >= 4 is 17.4 Å². The normalized spacial score (nSPS) is 11.6. The van der Waals surface area contributed by atoms with Gasteiger partial charge in [-0.05, 0) is 30.2 Å². The topological polar surface area (TPSA) is 66.8 Å². The number of carbonyl (C=O) groups excluding carboxylic acids is 2. The summed E-state index contributed by atoms with van der Waals surface area (Å²) in [7, 11) is 3.82. The Morgan fingerprint density at radius 2 is 1.81 bits per heavy atom. The number of Topliss-reactive ketones (excluding diaryl/α,β-unsaturated/α-hetero) is 1. The number of aliphatic hydroxyl groups excluding tert-OH is 1. The Kier molecular flexibility index (Phi) is 6.91. The first kappa shape index (κ1) is 20.4. The van der Waals surface area contributed by atoms with Crippen LogP contribution < -0.4 is 4.90 Å². The lowest BCUT2D eigenvalue weighted by atomic mass is 9.94. The number of carbonyl (C=O) groups is 2. The SMILES string of the molecule is C=C(C)C(=O)OCCc1cc(N(C)C)ccc1C(O)C(=O)c1ccccc1. The van der Waals surface area contributed by atoms with Crippen LogP contribution in [0.1, 0.15) is 34.5 Å². The fraction of sp³-hybridized carbons (Fsp3) is 0.273. The quantitative estimate of drug-likeness (QED) is 0.440. The van der Waals surface area contributed by atoms with Gasteiger partial charge >= 0.3 is 5.97 Å². The number of ether oxygens (including phenoxy) is 1. The molecule has 0 amide bonds. The van der Waals surface area contributed by atoms with Crippen LogP contribution in [0.4, 0.5) is 5.69 Å². The summed E-state index contributed by atoms with van der Waals surface area (Å²) in [5, 5.41) is 10.7. The summed E-state index contributed by atoms with van der Waals surface area (Å²) >= 11 is 0. The zero-order valence-electron chi connectivity index (χ0n) is 15.9. The predicted molar refractivity (Wildman–Crippen MR) is 106 cm³/mol. The predicted octanol–water partition coefficient (Wildman–Crippen LogP) is 3.33. The van der Waals surface area contributed by atoms with E-state index < -0.39 is 12.1 Å². The average Bonchev–Trinajstić information content (AvgIpc) is 2.67. The van der Waals surface area contributed by atoms with Crippen LogP contribution in [-0.2, 0) is 16.0 Å². The highest BCUT2D eigenvalue weighted by Crippen LogP contribution is 2.26. The Labute approximate surface area is 159 Å². The molecule has 0 spiro atoms. The number of hydrogen-bond acceptors (Lipinski definition) is 5. The molecule has 0 bridgehead atoms. The molecule has 0 fully saturated rings. The van der Waals surface area contributed by atoms with E-state index >= 15 is 0 Å². The van der Waals surface area contributed by atoms with E-state index in [1.807, 2.05) is 37.2 Å². The van der Waals surface area contributed by atoms with Crippen LogP contribution in [0, 0.1) is 0 Å². The molecule has 0 saturated heterocycles. The molecule has 1 N–H and O–H groups in total. The summed E-state index contributed by atoms with van der Waals surface area (Å²) in [6.45, 7) is 5.28. The van der Waals surface area contributed by atoms with Crippen LogP contribution in [0.5, 0.6) is 0 Å². The molecule has 1 unspecified atom stereocenters. The number of ketones is 1. The second-order valence-electron chi connectivity index (χ2n) is 6.58. The molecular formula is C22H25NO4. The Morgan fingerprint density at radius 3 is 2.41 bits per heavy atom. The fourth-order valence-electron chi connectivity index (χ4n) is 2.63. The summed E-state index contributed by atoms with van der Waals surface area (Å²) in [5.74, 6) is -0.824. The highest BCUT2D eigenvalue weighted by molar-refractivity contribution is 6.00. The lowest BCUT2D eigenvalue weighted by Gasteiger charge is -2.19. The molecule has 142 valence electrons. The largest absolute Gasteiger partial charge is 0.462 e. The molecule has 0 aliphatic carbocycles. The number of hydrogen-bond donors (Lipinski definition) is 1. The zero-order chi connectivity index (χ0) is 20.0. The average molecular weight is 367 g/mol. The van der Waals surface area contributed by atoms with Gasteiger partial charge in [-0.15, -0.1) is 0 Å². The van der Waals surface area contributed by atoms with Crippen molar-refractivity contribution in [1.82, 2.24) is 0 Å². The first-order chi connectivity index (χ1) is 12.8. The number of benzene rings is 2. The van der Waals surface area contributed by atoms with Crippen molar-refractivity contribution in [3.63, 3.8) is 0 Å². The number of esters is 1. The van der Waals surface area contributed by atoms with E-state index in [9.17, 15) is 14.7 Å². The number of nitrogens with zero attached hydrogens (tertiary/aromatic N) is 1. The molecular weight excluding hydrogens is 342 g/mol. The second-order valence-corrected chi connectivity index (χ2v) is 6.58. The standard InChI is InChI=1S/C22H25NO4/c1-15(2)22(26)27-13-12-17-14-18(23(3)4)10-11-19(17)21(25)20(24)16-8-6-5-7-9-16/h5-11,14,21,25H,1,12-13H2,2-4H3. The molecule has 0 radical (unpaired) electrons. The van der Waals surface area contributed by atoms with Crippen LogP contribution in [0.15, 0.2) is 60.7 Å². The third kappa shape index (κ3) is 5.28. The van der Waals surface area contributed by atoms with E-state index in [0.717, 1.165) is 11.3 Å². The van der Waals surface area contributed by atoms with E-state index in [0.29, 0.717) is 23.1 Å². The Balaban J connectivity index is 2.27. The van der Waals surface area contributed by atoms with Gasteiger partial charge in [0.2, 0.25) is 0 Å². The van der Waals surface area contributed by atoms with Crippen molar-refractivity contribution in [1.29, 1.82) is 0 Å². The molecule has 0 heterocycles. The van der Waals surface area contributed by atoms with E-state index in [-0.39, 0.29) is 12.4 Å². The first-order valence-corrected chi connectivity index (χ1v) is 8.71. The molecule has 2 aromatic carbocycles. The molecule has 0 aliphatic rings. The van der Waals surface area contributed by atoms with Gasteiger partial charge in [0.25, 0.3) is 0 Å². The molecule has 0 aliphatic heterocycles. The molecule has 0 saturated carbocycles. The second kappa shape index (κ2) is 9.14. The Morgan fingerprint density at radius 1 is 1.15 bits per heavy atom. The van der Waals surface area contributed by atoms with Crippen molar-refractivity contribution < 1.29 is 19.4 Å². The van der Waals surface area contributed by atoms with Crippen LogP contribution in [-0.4, -0.2) is 37.6 Å². The minimum atomic E-state index is -1.28. The smallest absolute Gasteiger partial charge is 0.333 e. The van der Waals surface area contributed by atoms with Crippen LogP contribution in [0.2, 0.25) is 0 Å². The lowest BCUT2D eigenvalue weighted by Crippen LogP contribution is -2.17. The summed E-state index contributed by atoms with van der Waals surface area (Å²) in [5.41, 5.74) is 2.98. The van der Waals surface area contributed by atoms with Gasteiger partial charge in [0.1, 0.15) is 6.10 Å². The van der Waals surface area contributed by atoms with Gasteiger partial charge in [0.05, 0.1) is 6.61 Å². The zero-order valence-corrected chi connectivity index (χ0v) is 15.9. The molecule has 2 rings (SSSR count). The van der Waals surface area contributed by atoms with E-state index in [4.69, 9.17) is 4.74 Å². The highest BCUT2D eigenvalue weighted by Gasteiger charge is 2.22. The maximum Gasteiger partial charge on any atom is 0.333 e. The van der Waals surface area contributed by atoms with Crippen molar-refractivity contribution in [2.24, 2.45) is 0 Å². The third-order valence-corrected chi connectivity index (χ3v) is 4.20. The Bertz CT molecular complexity index is 827. The van der Waals surface area contributed by atoms with Crippen molar-refractivity contribution in [2.45, 2.75) is 19.4 Å². The summed E-state index contributed by atoms with van der Waals surface area (Å²) in [6, 6.07) is 14.2. The molecule has 1 atom stereocenters. The fourth-order valence-corrected chi connectivity index (χ4v) is 2.63. The van der Waals surface area contributed by atoms with Crippen LogP contribution in [0.3, 0.4) is 0 Å². The molecule has 0 aromatic heterocycles. The van der Waals surface area contributed by atoms with Gasteiger partial charge in [0.15, 0.2) is 5.78 Å². The first-order valence-electron chi connectivity index (χ1n) is 8.71. The molecule has 27 heavy (non-hydrogen) atoms. The maximum absolute atomic E-state index is 12.6. The van der Waals surface area contributed by atoms with Gasteiger partial charge in [-0.1, -0.05) is 43.0 Å². The van der Waals surface area contributed by atoms with Gasteiger partial charge in [-0.3, -0.25) is 4.79 Å². The highest BCUT2D eigenvalue weighted by atomic mass is 16.5. The van der Waals surface area contributed by atoms with E-state index in [1.165, 1.54) is 0 Å². The van der Waals surface area contributed by atoms with Crippen LogP contribution >= 0.6 is 0 Å². The molecule has 2 aromatic rings. The van der Waals surface area contributed by atoms with Crippen molar-refractivity contribution in [2.75, 3.05) is 25.6 Å². The number of aliphatic hydroxyl groups is 1. The Hall–Kier alpha value is -2.92. The molecule has 5 nitrogen and oxygen atoms in total. The van der Waals surface area contributed by atoms with Gasteiger partial charge in [-0.25, -0.2) is 4.79 Å². The van der Waals surface area contributed by atoms with E-state index in [2.05, 4.69) is 6.58 Å². The molecule has 5 heteroatoms. The number of anilines is 1. The summed E-state index contributed by atoms with van der Waals surface area (Å²) < 4.78 is 5.17.